The first-order valence-electron chi connectivity index (χ1n) is 9.32. The fourth-order valence-corrected chi connectivity index (χ4v) is 3.38. The van der Waals surface area contributed by atoms with E-state index in [2.05, 4.69) is 22.3 Å². The molecule has 2 aromatic rings. The minimum absolute atomic E-state index is 0.0845. The summed E-state index contributed by atoms with van der Waals surface area (Å²) >= 11 is 0. The van der Waals surface area contributed by atoms with Crippen molar-refractivity contribution in [2.24, 2.45) is 0 Å². The highest BCUT2D eigenvalue weighted by molar-refractivity contribution is 5.92. The van der Waals surface area contributed by atoms with Crippen LogP contribution in [-0.2, 0) is 4.79 Å². The maximum atomic E-state index is 12.3. The van der Waals surface area contributed by atoms with Crippen molar-refractivity contribution in [3.63, 3.8) is 0 Å². The number of hydrogen-bond donors (Lipinski definition) is 2. The third kappa shape index (κ3) is 4.98. The number of methoxy groups -OCH3 is 1. The highest BCUT2D eigenvalue weighted by Crippen LogP contribution is 2.28. The number of nitrogens with zero attached hydrogens (tertiary/aromatic N) is 2. The van der Waals surface area contributed by atoms with Gasteiger partial charge in [0, 0.05) is 17.8 Å². The van der Waals surface area contributed by atoms with Crippen LogP contribution in [0.1, 0.15) is 6.42 Å². The van der Waals surface area contributed by atoms with Crippen molar-refractivity contribution in [1.82, 2.24) is 0 Å². The topological polar surface area (TPSA) is 89.1 Å². The quantitative estimate of drug-likeness (QED) is 0.555. The second-order valence-corrected chi connectivity index (χ2v) is 6.76. The van der Waals surface area contributed by atoms with Gasteiger partial charge in [0.15, 0.2) is 0 Å². The van der Waals surface area contributed by atoms with Gasteiger partial charge in [0.05, 0.1) is 56.9 Å². The number of hydrogen-bond acceptors (Lipinski definition) is 5. The standard InChI is InChI=1S/C20H24N4O4/c1-28-19-8-7-17(24(26)27)15-18(19)21-20(25)9-10-22-11-13-23(14-12-22)16-5-3-2-4-6-16/h2-8,15H,9-14H2,1H3,(H,21,25)/p+1. The molecule has 2 N–H and O–H groups in total. The first-order chi connectivity index (χ1) is 13.6. The lowest BCUT2D eigenvalue weighted by Gasteiger charge is -2.33. The van der Waals surface area contributed by atoms with Gasteiger partial charge in [-0.3, -0.25) is 14.9 Å². The van der Waals surface area contributed by atoms with E-state index < -0.39 is 4.92 Å². The highest BCUT2D eigenvalue weighted by atomic mass is 16.6. The van der Waals surface area contributed by atoms with Gasteiger partial charge in [-0.25, -0.2) is 0 Å². The Labute approximate surface area is 163 Å². The van der Waals surface area contributed by atoms with Crippen LogP contribution in [0.4, 0.5) is 17.1 Å². The molecular formula is C20H25N4O4+. The molecule has 1 amide bonds. The number of ether oxygens (including phenoxy) is 1. The summed E-state index contributed by atoms with van der Waals surface area (Å²) in [6.45, 7) is 4.59. The van der Waals surface area contributed by atoms with Crippen molar-refractivity contribution in [1.29, 1.82) is 0 Å². The van der Waals surface area contributed by atoms with E-state index in [4.69, 9.17) is 4.74 Å². The van der Waals surface area contributed by atoms with E-state index >= 15 is 0 Å². The maximum absolute atomic E-state index is 12.3. The Morgan fingerprint density at radius 3 is 2.57 bits per heavy atom. The van der Waals surface area contributed by atoms with E-state index in [-0.39, 0.29) is 11.6 Å². The van der Waals surface area contributed by atoms with Gasteiger partial charge in [-0.15, -0.1) is 0 Å². The van der Waals surface area contributed by atoms with Gasteiger partial charge in [0.2, 0.25) is 5.91 Å². The number of nitro groups is 1. The molecule has 0 atom stereocenters. The zero-order chi connectivity index (χ0) is 19.9. The smallest absolute Gasteiger partial charge is 0.271 e. The van der Waals surface area contributed by atoms with Gasteiger partial charge in [0.25, 0.3) is 5.69 Å². The Hall–Kier alpha value is -3.13. The molecule has 3 rings (SSSR count). The molecule has 8 nitrogen and oxygen atoms in total. The lowest BCUT2D eigenvalue weighted by molar-refractivity contribution is -0.900. The van der Waals surface area contributed by atoms with Gasteiger partial charge >= 0.3 is 0 Å². The predicted molar refractivity (Wildman–Crippen MR) is 107 cm³/mol. The number of anilines is 2. The summed E-state index contributed by atoms with van der Waals surface area (Å²) in [6, 6.07) is 14.5. The molecule has 2 aromatic carbocycles. The highest BCUT2D eigenvalue weighted by Gasteiger charge is 2.21. The summed E-state index contributed by atoms with van der Waals surface area (Å²) in [7, 11) is 1.47. The van der Waals surface area contributed by atoms with Gasteiger partial charge in [0.1, 0.15) is 5.75 Å². The molecule has 0 spiro atoms. The normalized spacial score (nSPS) is 14.5. The van der Waals surface area contributed by atoms with Gasteiger partial charge in [-0.2, -0.15) is 0 Å². The average Bonchev–Trinajstić information content (AvgIpc) is 2.73. The third-order valence-electron chi connectivity index (χ3n) is 4.97. The van der Waals surface area contributed by atoms with E-state index in [0.29, 0.717) is 17.9 Å². The molecule has 0 bridgehead atoms. The number of quaternary nitrogens is 1. The van der Waals surface area contributed by atoms with Crippen LogP contribution < -0.4 is 19.9 Å². The lowest BCUT2D eigenvalue weighted by Crippen LogP contribution is -3.15. The van der Waals surface area contributed by atoms with Gasteiger partial charge in [-0.1, -0.05) is 18.2 Å². The average molecular weight is 385 g/mol. The Balaban J connectivity index is 1.49. The molecule has 1 saturated heterocycles. The van der Waals surface area contributed by atoms with Crippen molar-refractivity contribution in [3.05, 3.63) is 58.6 Å². The third-order valence-corrected chi connectivity index (χ3v) is 4.97. The van der Waals surface area contributed by atoms with Crippen LogP contribution in [0.15, 0.2) is 48.5 Å². The molecule has 8 heteroatoms. The molecule has 28 heavy (non-hydrogen) atoms. The minimum atomic E-state index is -0.495. The molecule has 1 aliphatic heterocycles. The van der Waals surface area contributed by atoms with Crippen molar-refractivity contribution >= 4 is 23.0 Å². The number of para-hydroxylation sites is 1. The summed E-state index contributed by atoms with van der Waals surface area (Å²) in [5.74, 6) is 0.236. The Bertz CT molecular complexity index is 820. The second-order valence-electron chi connectivity index (χ2n) is 6.76. The van der Waals surface area contributed by atoms with Crippen LogP contribution in [0.2, 0.25) is 0 Å². The SMILES string of the molecule is COc1ccc([N+](=O)[O-])cc1NC(=O)CC[NH+]1CCN(c2ccccc2)CC1. The number of amides is 1. The number of nitrogens with one attached hydrogen (secondary N) is 2. The largest absolute Gasteiger partial charge is 0.495 e. The number of piperazine rings is 1. The van der Waals surface area contributed by atoms with Crippen molar-refractivity contribution in [2.45, 2.75) is 6.42 Å². The fourth-order valence-electron chi connectivity index (χ4n) is 3.38. The van der Waals surface area contributed by atoms with Gasteiger partial charge in [-0.05, 0) is 18.2 Å². The van der Waals surface area contributed by atoms with Crippen molar-refractivity contribution in [2.75, 3.05) is 50.1 Å². The Morgan fingerprint density at radius 1 is 1.21 bits per heavy atom. The summed E-state index contributed by atoms with van der Waals surface area (Å²) in [5, 5.41) is 13.7. The summed E-state index contributed by atoms with van der Waals surface area (Å²) in [4.78, 5) is 26.5. The van der Waals surface area contributed by atoms with Crippen LogP contribution in [0.25, 0.3) is 0 Å². The number of carbonyl (C=O) groups excluding carboxylic acids is 1. The van der Waals surface area contributed by atoms with Crippen LogP contribution in [0.3, 0.4) is 0 Å². The van der Waals surface area contributed by atoms with E-state index in [9.17, 15) is 14.9 Å². The molecule has 148 valence electrons. The zero-order valence-corrected chi connectivity index (χ0v) is 15.9. The molecular weight excluding hydrogens is 360 g/mol. The fraction of sp³-hybridized carbons (Fsp3) is 0.350. The van der Waals surface area contributed by atoms with Crippen LogP contribution in [-0.4, -0.2) is 50.7 Å². The minimum Gasteiger partial charge on any atom is -0.495 e. The lowest BCUT2D eigenvalue weighted by atomic mass is 10.2. The number of non-ortho nitro benzene ring substituents is 1. The van der Waals surface area contributed by atoms with E-state index in [1.54, 1.807) is 0 Å². The van der Waals surface area contributed by atoms with E-state index in [1.165, 1.54) is 35.9 Å². The number of carbonyl (C=O) groups is 1. The predicted octanol–water partition coefficient (Wildman–Crippen LogP) is 1.34. The molecule has 0 aromatic heterocycles. The number of nitro benzene ring substituents is 1. The second kappa shape index (κ2) is 9.18. The monoisotopic (exact) mass is 385 g/mol. The Morgan fingerprint density at radius 2 is 1.93 bits per heavy atom. The first-order valence-corrected chi connectivity index (χ1v) is 9.32. The van der Waals surface area contributed by atoms with Crippen LogP contribution in [0, 0.1) is 10.1 Å². The molecule has 1 heterocycles. The summed E-state index contributed by atoms with van der Waals surface area (Å²) < 4.78 is 5.18. The molecule has 0 radical (unpaired) electrons. The molecule has 1 aliphatic rings. The first kappa shape index (κ1) is 19.6. The maximum Gasteiger partial charge on any atom is 0.271 e. The number of benzene rings is 2. The van der Waals surface area contributed by atoms with Crippen molar-refractivity contribution < 1.29 is 19.4 Å². The van der Waals surface area contributed by atoms with Crippen LogP contribution >= 0.6 is 0 Å². The van der Waals surface area contributed by atoms with E-state index in [1.807, 2.05) is 18.2 Å². The van der Waals surface area contributed by atoms with Crippen molar-refractivity contribution in [3.8, 4) is 5.75 Å². The molecule has 0 unspecified atom stereocenters. The Kier molecular flexibility index (Phi) is 6.44. The summed E-state index contributed by atoms with van der Waals surface area (Å²) in [6.07, 6.45) is 0.354. The molecule has 0 saturated carbocycles. The zero-order valence-electron chi connectivity index (χ0n) is 15.9. The van der Waals surface area contributed by atoms with E-state index in [0.717, 1.165) is 32.7 Å². The summed E-state index contributed by atoms with van der Waals surface area (Å²) in [5.41, 5.74) is 1.47. The van der Waals surface area contributed by atoms with Gasteiger partial charge < -0.3 is 19.9 Å². The van der Waals surface area contributed by atoms with Crippen LogP contribution in [0.5, 0.6) is 5.75 Å². The molecule has 1 fully saturated rings. The number of rotatable bonds is 7. The molecule has 0 aliphatic carbocycles.